The lowest BCUT2D eigenvalue weighted by Gasteiger charge is -2.34. The van der Waals surface area contributed by atoms with Crippen LogP contribution in [-0.4, -0.2) is 63.7 Å². The second-order valence-corrected chi connectivity index (χ2v) is 8.42. The first-order valence-electron chi connectivity index (χ1n) is 9.74. The van der Waals surface area contributed by atoms with Crippen LogP contribution in [0.5, 0.6) is 11.5 Å². The number of carbonyl (C=O) groups is 1. The predicted octanol–water partition coefficient (Wildman–Crippen LogP) is 3.64. The number of rotatable bonds is 2. The van der Waals surface area contributed by atoms with Crippen molar-refractivity contribution in [2.75, 3.05) is 20.1 Å². The second-order valence-electron chi connectivity index (χ2n) is 7.64. The van der Waals surface area contributed by atoms with Crippen molar-refractivity contribution in [3.63, 3.8) is 0 Å². The van der Waals surface area contributed by atoms with Gasteiger partial charge >= 0.3 is 12.1 Å². The molecule has 1 aromatic carbocycles. The first kappa shape index (κ1) is 25.6. The molecule has 0 spiro atoms. The van der Waals surface area contributed by atoms with Gasteiger partial charge in [0.05, 0.1) is 6.10 Å². The Hall–Kier alpha value is -3.03. The number of hydrogen-bond donors (Lipinski definition) is 4. The zero-order valence-electron chi connectivity index (χ0n) is 17.5. The average molecular weight is 550 g/mol. The molecule has 9 nitrogen and oxygen atoms in total. The van der Waals surface area contributed by atoms with Gasteiger partial charge in [-0.2, -0.15) is 13.2 Å². The Morgan fingerprint density at radius 2 is 1.79 bits per heavy atom. The van der Waals surface area contributed by atoms with Crippen LogP contribution < -0.4 is 5.43 Å². The Balaban J connectivity index is 0.000000406. The standard InChI is InChI=1S/C19H18BrNO6.C2HF3O2/c1-21-5-4-9(13(25)8-21)17-10(22)6-11(23)18-12(24)7-15(27-19(17)18)14-2-3-16(20)26-14;3-2(4,5)1(6)7/h2-3,6-7,9,13,22-23,25H,4-5,8H2,1H3;(H,6,7)/t9-,13+;/m0./s1. The third-order valence-electron chi connectivity index (χ3n) is 5.21. The molecule has 0 saturated carbocycles. The Morgan fingerprint density at radius 1 is 1.15 bits per heavy atom. The highest BCUT2D eigenvalue weighted by molar-refractivity contribution is 9.10. The molecule has 0 radical (unpaired) electrons. The second kappa shape index (κ2) is 9.68. The van der Waals surface area contributed by atoms with Crippen LogP contribution in [0.1, 0.15) is 17.9 Å². The van der Waals surface area contributed by atoms with E-state index in [0.29, 0.717) is 29.0 Å². The minimum Gasteiger partial charge on any atom is -0.507 e. The molecule has 184 valence electrons. The van der Waals surface area contributed by atoms with E-state index < -0.39 is 29.6 Å². The Bertz CT molecular complexity index is 1270. The maximum absolute atomic E-state index is 12.7. The quantitative estimate of drug-likeness (QED) is 0.376. The van der Waals surface area contributed by atoms with Gasteiger partial charge in [0.2, 0.25) is 0 Å². The number of likely N-dealkylation sites (tertiary alicyclic amines) is 1. The van der Waals surface area contributed by atoms with Crippen molar-refractivity contribution in [1.29, 1.82) is 0 Å². The van der Waals surface area contributed by atoms with Gasteiger partial charge in [-0.15, -0.1) is 0 Å². The van der Waals surface area contributed by atoms with Crippen molar-refractivity contribution in [3.05, 3.63) is 44.7 Å². The number of phenols is 2. The number of nitrogens with zero attached hydrogens (tertiary/aromatic N) is 1. The van der Waals surface area contributed by atoms with E-state index >= 15 is 0 Å². The number of aliphatic hydroxyl groups excluding tert-OH is 1. The largest absolute Gasteiger partial charge is 0.507 e. The highest BCUT2D eigenvalue weighted by Crippen LogP contribution is 2.42. The number of benzene rings is 1. The van der Waals surface area contributed by atoms with E-state index in [1.165, 1.54) is 6.07 Å². The normalized spacial score (nSPS) is 19.0. The number of likely N-dealkylation sites (N-methyl/N-ethyl adjacent to an activating group) is 1. The number of aliphatic hydroxyl groups is 1. The van der Waals surface area contributed by atoms with Gasteiger partial charge in [-0.05, 0) is 48.1 Å². The summed E-state index contributed by atoms with van der Waals surface area (Å²) >= 11 is 3.21. The van der Waals surface area contributed by atoms with Crippen LogP contribution in [0.25, 0.3) is 22.5 Å². The summed E-state index contributed by atoms with van der Waals surface area (Å²) in [6, 6.07) is 5.67. The molecule has 1 aliphatic heterocycles. The van der Waals surface area contributed by atoms with E-state index in [-0.39, 0.29) is 28.2 Å². The Labute approximate surface area is 197 Å². The highest BCUT2D eigenvalue weighted by atomic mass is 79.9. The summed E-state index contributed by atoms with van der Waals surface area (Å²) in [6.07, 6.45) is -5.25. The van der Waals surface area contributed by atoms with Crippen molar-refractivity contribution in [3.8, 4) is 23.0 Å². The summed E-state index contributed by atoms with van der Waals surface area (Å²) in [5, 5.41) is 38.4. The third-order valence-corrected chi connectivity index (χ3v) is 5.64. The number of aromatic hydroxyl groups is 2. The van der Waals surface area contributed by atoms with Crippen molar-refractivity contribution in [1.82, 2.24) is 4.90 Å². The SMILES string of the molecule is CN1CC[C@H](c2c(O)cc(O)c3c(=O)cc(-c4ccc(Br)o4)oc23)[C@H](O)C1.O=C(O)C(F)(F)F. The molecule has 4 rings (SSSR count). The molecule has 0 amide bonds. The zero-order chi connectivity index (χ0) is 25.4. The molecule has 0 bridgehead atoms. The van der Waals surface area contributed by atoms with Gasteiger partial charge in [-0.25, -0.2) is 4.79 Å². The van der Waals surface area contributed by atoms with Crippen LogP contribution in [0.4, 0.5) is 13.2 Å². The number of aliphatic carboxylic acids is 1. The van der Waals surface area contributed by atoms with Gasteiger partial charge in [0.25, 0.3) is 0 Å². The molecule has 1 saturated heterocycles. The van der Waals surface area contributed by atoms with E-state index in [9.17, 15) is 33.3 Å². The lowest BCUT2D eigenvalue weighted by molar-refractivity contribution is -0.192. The van der Waals surface area contributed by atoms with Crippen molar-refractivity contribution < 1.29 is 47.2 Å². The lowest BCUT2D eigenvalue weighted by Crippen LogP contribution is -2.40. The fourth-order valence-electron chi connectivity index (χ4n) is 3.67. The van der Waals surface area contributed by atoms with E-state index in [2.05, 4.69) is 15.9 Å². The van der Waals surface area contributed by atoms with Crippen LogP contribution >= 0.6 is 15.9 Å². The first-order chi connectivity index (χ1) is 15.8. The summed E-state index contributed by atoms with van der Waals surface area (Å²) in [6.45, 7) is 1.15. The maximum atomic E-state index is 12.7. The number of β-amino-alcohol motifs (C(OH)–C–C–N with tert-alkyl or cyclic N) is 1. The number of halogens is 4. The van der Waals surface area contributed by atoms with Crippen LogP contribution in [0.15, 0.2) is 42.6 Å². The Kier molecular flexibility index (Phi) is 7.29. The summed E-state index contributed by atoms with van der Waals surface area (Å²) in [5.74, 6) is -3.26. The monoisotopic (exact) mass is 549 g/mol. The number of furan rings is 1. The van der Waals surface area contributed by atoms with E-state index in [1.807, 2.05) is 11.9 Å². The number of fused-ring (bicyclic) bond motifs is 1. The molecule has 2 aromatic heterocycles. The molecule has 0 aliphatic carbocycles. The fourth-order valence-corrected chi connectivity index (χ4v) is 3.98. The minimum absolute atomic E-state index is 0.0247. The molecule has 3 aromatic rings. The number of alkyl halides is 3. The number of hydrogen-bond acceptors (Lipinski definition) is 8. The van der Waals surface area contributed by atoms with E-state index in [0.717, 1.165) is 12.6 Å². The molecular weight excluding hydrogens is 531 g/mol. The van der Waals surface area contributed by atoms with Crippen molar-refractivity contribution in [2.45, 2.75) is 24.6 Å². The van der Waals surface area contributed by atoms with Crippen molar-refractivity contribution in [2.24, 2.45) is 0 Å². The van der Waals surface area contributed by atoms with E-state index in [1.54, 1.807) is 12.1 Å². The van der Waals surface area contributed by atoms with E-state index in [4.69, 9.17) is 18.7 Å². The number of carboxylic acids is 1. The smallest absolute Gasteiger partial charge is 0.490 e. The summed E-state index contributed by atoms with van der Waals surface area (Å²) in [7, 11) is 1.90. The van der Waals surface area contributed by atoms with Crippen LogP contribution in [0.3, 0.4) is 0 Å². The fraction of sp³-hybridized carbons (Fsp3) is 0.333. The molecular formula is C21H19BrF3NO8. The number of piperidine rings is 1. The number of carboxylic acid groups (broad SMARTS) is 1. The van der Waals surface area contributed by atoms with Gasteiger partial charge < -0.3 is 34.2 Å². The van der Waals surface area contributed by atoms with Gasteiger partial charge in [-0.1, -0.05) is 0 Å². The molecule has 0 unspecified atom stereocenters. The third kappa shape index (κ3) is 5.37. The first-order valence-corrected chi connectivity index (χ1v) is 10.5. The molecule has 4 N–H and O–H groups in total. The molecule has 34 heavy (non-hydrogen) atoms. The highest BCUT2D eigenvalue weighted by Gasteiger charge is 2.38. The minimum atomic E-state index is -5.08. The van der Waals surface area contributed by atoms with Crippen LogP contribution in [-0.2, 0) is 4.79 Å². The van der Waals surface area contributed by atoms with Crippen LogP contribution in [0, 0.1) is 0 Å². The predicted molar refractivity (Wildman–Crippen MR) is 116 cm³/mol. The lowest BCUT2D eigenvalue weighted by atomic mass is 9.85. The summed E-state index contributed by atoms with van der Waals surface area (Å²) in [4.78, 5) is 23.5. The van der Waals surface area contributed by atoms with Gasteiger partial charge in [-0.3, -0.25) is 4.79 Å². The summed E-state index contributed by atoms with van der Waals surface area (Å²) in [5.41, 5.74) is -0.0657. The molecule has 2 atom stereocenters. The van der Waals surface area contributed by atoms with Gasteiger partial charge in [0, 0.05) is 30.2 Å². The zero-order valence-corrected chi connectivity index (χ0v) is 19.1. The molecule has 3 heterocycles. The van der Waals surface area contributed by atoms with Crippen LogP contribution in [0.2, 0.25) is 0 Å². The average Bonchev–Trinajstić information content (AvgIpc) is 3.15. The molecule has 13 heteroatoms. The van der Waals surface area contributed by atoms with Gasteiger partial charge in [0.1, 0.15) is 22.5 Å². The summed E-state index contributed by atoms with van der Waals surface area (Å²) < 4.78 is 43.6. The Morgan fingerprint density at radius 3 is 2.32 bits per heavy atom. The number of phenolic OH excluding ortho intramolecular Hbond substituents is 2. The maximum Gasteiger partial charge on any atom is 0.490 e. The van der Waals surface area contributed by atoms with Crippen molar-refractivity contribution >= 4 is 32.9 Å². The topological polar surface area (TPSA) is 145 Å². The molecule has 1 fully saturated rings. The van der Waals surface area contributed by atoms with Gasteiger partial charge in [0.15, 0.2) is 21.6 Å². The molecule has 1 aliphatic rings.